The molecule has 0 radical (unpaired) electrons. The highest BCUT2D eigenvalue weighted by Crippen LogP contribution is 2.34. The Kier molecular flexibility index (Phi) is 4.99. The van der Waals surface area contributed by atoms with Crippen molar-refractivity contribution in [1.82, 2.24) is 15.0 Å². The van der Waals surface area contributed by atoms with Gasteiger partial charge >= 0.3 is 0 Å². The number of ether oxygens (including phenoxy) is 2. The van der Waals surface area contributed by atoms with E-state index in [1.807, 2.05) is 44.3 Å². The Balaban J connectivity index is 1.88. The van der Waals surface area contributed by atoms with Gasteiger partial charge in [0.25, 0.3) is 0 Å². The number of rotatable bonds is 5. The van der Waals surface area contributed by atoms with E-state index in [4.69, 9.17) is 19.4 Å². The quantitative estimate of drug-likeness (QED) is 0.535. The van der Waals surface area contributed by atoms with Gasteiger partial charge in [0.15, 0.2) is 17.3 Å². The molecule has 0 saturated carbocycles. The number of hydrogen-bond donors (Lipinski definition) is 1. The number of aromatic nitrogens is 3. The first kappa shape index (κ1) is 18.7. The van der Waals surface area contributed by atoms with Crippen LogP contribution in [0.1, 0.15) is 5.56 Å². The Morgan fingerprint density at radius 1 is 0.862 bits per heavy atom. The van der Waals surface area contributed by atoms with Crippen LogP contribution in [0.2, 0.25) is 0 Å². The van der Waals surface area contributed by atoms with E-state index in [0.29, 0.717) is 17.3 Å². The van der Waals surface area contributed by atoms with E-state index in [1.165, 1.54) is 0 Å². The van der Waals surface area contributed by atoms with Gasteiger partial charge in [0.05, 0.1) is 19.7 Å². The van der Waals surface area contributed by atoms with E-state index >= 15 is 0 Å². The van der Waals surface area contributed by atoms with Crippen LogP contribution in [0.4, 0.5) is 5.82 Å². The predicted molar refractivity (Wildman–Crippen MR) is 116 cm³/mol. The molecule has 0 atom stereocenters. The van der Waals surface area contributed by atoms with Crippen molar-refractivity contribution in [1.29, 1.82) is 0 Å². The number of hydrogen-bond acceptors (Lipinski definition) is 6. The average Bonchev–Trinajstić information content (AvgIpc) is 2.77. The molecule has 0 saturated heterocycles. The minimum Gasteiger partial charge on any atom is -0.493 e. The molecular formula is C23H22N4O2. The molecule has 6 nitrogen and oxygen atoms in total. The van der Waals surface area contributed by atoms with Gasteiger partial charge in [0.2, 0.25) is 0 Å². The van der Waals surface area contributed by atoms with E-state index in [-0.39, 0.29) is 0 Å². The minimum atomic E-state index is 0.650. The zero-order valence-electron chi connectivity index (χ0n) is 16.9. The van der Waals surface area contributed by atoms with Crippen molar-refractivity contribution in [3.63, 3.8) is 0 Å². The van der Waals surface area contributed by atoms with Crippen molar-refractivity contribution in [2.75, 3.05) is 26.6 Å². The number of fused-ring (bicyclic) bond motifs is 1. The topological polar surface area (TPSA) is 69.2 Å². The Morgan fingerprint density at radius 3 is 2.34 bits per heavy atom. The lowest BCUT2D eigenvalue weighted by molar-refractivity contribution is 0.355. The molecule has 0 aliphatic rings. The van der Waals surface area contributed by atoms with E-state index < -0.39 is 0 Å². The lowest BCUT2D eigenvalue weighted by atomic mass is 10.0. The van der Waals surface area contributed by atoms with Crippen LogP contribution in [-0.4, -0.2) is 36.2 Å². The molecule has 4 aromatic rings. The normalized spacial score (nSPS) is 10.8. The number of benzene rings is 2. The van der Waals surface area contributed by atoms with Crippen LogP contribution >= 0.6 is 0 Å². The predicted octanol–water partition coefficient (Wildman–Crippen LogP) is 4.73. The highest BCUT2D eigenvalue weighted by atomic mass is 16.5. The zero-order chi connectivity index (χ0) is 20.4. The first-order chi connectivity index (χ1) is 14.1. The van der Waals surface area contributed by atoms with Crippen LogP contribution in [0.15, 0.2) is 54.9 Å². The molecule has 2 heterocycles. The van der Waals surface area contributed by atoms with Crippen LogP contribution in [0.3, 0.4) is 0 Å². The summed E-state index contributed by atoms with van der Waals surface area (Å²) in [5.74, 6) is 2.82. The lowest BCUT2D eigenvalue weighted by Gasteiger charge is -2.12. The van der Waals surface area contributed by atoms with Gasteiger partial charge in [0.1, 0.15) is 5.82 Å². The van der Waals surface area contributed by atoms with Gasteiger partial charge < -0.3 is 14.8 Å². The monoisotopic (exact) mass is 386 g/mol. The van der Waals surface area contributed by atoms with Gasteiger partial charge in [-0.1, -0.05) is 12.1 Å². The summed E-state index contributed by atoms with van der Waals surface area (Å²) < 4.78 is 10.8. The molecule has 146 valence electrons. The molecule has 0 spiro atoms. The number of methoxy groups -OCH3 is 2. The summed E-state index contributed by atoms with van der Waals surface area (Å²) in [6.07, 6.45) is 3.57. The largest absolute Gasteiger partial charge is 0.493 e. The summed E-state index contributed by atoms with van der Waals surface area (Å²) in [5, 5.41) is 4.14. The molecule has 6 heteroatoms. The van der Waals surface area contributed by atoms with Gasteiger partial charge in [-0.2, -0.15) is 0 Å². The fourth-order valence-corrected chi connectivity index (χ4v) is 3.33. The third kappa shape index (κ3) is 3.45. The maximum absolute atomic E-state index is 5.44. The van der Waals surface area contributed by atoms with Crippen molar-refractivity contribution in [3.05, 3.63) is 60.4 Å². The highest BCUT2D eigenvalue weighted by molar-refractivity contribution is 5.93. The summed E-state index contributed by atoms with van der Waals surface area (Å²) in [4.78, 5) is 13.8. The second-order valence-electron chi connectivity index (χ2n) is 6.64. The Hall–Kier alpha value is -3.67. The van der Waals surface area contributed by atoms with Gasteiger partial charge in [-0.05, 0) is 53.9 Å². The van der Waals surface area contributed by atoms with E-state index in [0.717, 1.165) is 39.0 Å². The molecule has 2 aromatic carbocycles. The van der Waals surface area contributed by atoms with Crippen molar-refractivity contribution in [2.24, 2.45) is 0 Å². The van der Waals surface area contributed by atoms with Crippen LogP contribution in [-0.2, 0) is 0 Å². The van der Waals surface area contributed by atoms with Gasteiger partial charge in [-0.3, -0.25) is 4.98 Å². The third-order valence-corrected chi connectivity index (χ3v) is 4.93. The maximum Gasteiger partial charge on any atom is 0.163 e. The smallest absolute Gasteiger partial charge is 0.163 e. The second kappa shape index (κ2) is 7.75. The van der Waals surface area contributed by atoms with Gasteiger partial charge in [-0.25, -0.2) is 9.97 Å². The van der Waals surface area contributed by atoms with E-state index in [9.17, 15) is 0 Å². The number of aryl methyl sites for hydroxylation is 1. The van der Waals surface area contributed by atoms with E-state index in [1.54, 1.807) is 26.6 Å². The number of anilines is 1. The summed E-state index contributed by atoms with van der Waals surface area (Å²) in [6, 6.07) is 14.0. The first-order valence-corrected chi connectivity index (χ1v) is 9.27. The summed E-state index contributed by atoms with van der Waals surface area (Å²) in [6.45, 7) is 2.03. The molecule has 0 aliphatic heterocycles. The molecule has 29 heavy (non-hydrogen) atoms. The molecule has 0 bridgehead atoms. The molecule has 0 unspecified atom stereocenters. The van der Waals surface area contributed by atoms with Crippen LogP contribution in [0, 0.1) is 6.92 Å². The molecule has 0 fully saturated rings. The Labute approximate surface area is 169 Å². The Bertz CT molecular complexity index is 1190. The molecule has 2 aromatic heterocycles. The molecular weight excluding hydrogens is 364 g/mol. The summed E-state index contributed by atoms with van der Waals surface area (Å²) in [7, 11) is 5.13. The van der Waals surface area contributed by atoms with Crippen molar-refractivity contribution < 1.29 is 9.47 Å². The molecule has 0 amide bonds. The highest BCUT2D eigenvalue weighted by Gasteiger charge is 2.13. The van der Waals surface area contributed by atoms with Gasteiger partial charge in [-0.15, -0.1) is 0 Å². The SMILES string of the molecule is CNc1nc(-c2cnccc2C)nc2cc(-c3ccc(OC)c(OC)c3)ccc12. The molecule has 4 rings (SSSR count). The first-order valence-electron chi connectivity index (χ1n) is 9.27. The average molecular weight is 386 g/mol. The van der Waals surface area contributed by atoms with E-state index in [2.05, 4.69) is 22.4 Å². The van der Waals surface area contributed by atoms with Crippen molar-refractivity contribution in [2.45, 2.75) is 6.92 Å². The maximum atomic E-state index is 5.44. The van der Waals surface area contributed by atoms with Crippen LogP contribution in [0.25, 0.3) is 33.4 Å². The van der Waals surface area contributed by atoms with Crippen molar-refractivity contribution >= 4 is 16.7 Å². The standard InChI is InChI=1S/C23H22N4O2/c1-14-9-10-25-13-18(14)23-26-19-11-15(5-7-17(19)22(24-2)27-23)16-6-8-20(28-3)21(12-16)29-4/h5-13H,1-4H3,(H,24,26,27). The summed E-state index contributed by atoms with van der Waals surface area (Å²) >= 11 is 0. The van der Waals surface area contributed by atoms with Crippen LogP contribution < -0.4 is 14.8 Å². The number of pyridine rings is 1. The summed E-state index contributed by atoms with van der Waals surface area (Å²) in [5.41, 5.74) is 4.91. The fraction of sp³-hybridized carbons (Fsp3) is 0.174. The zero-order valence-corrected chi connectivity index (χ0v) is 16.9. The third-order valence-electron chi connectivity index (χ3n) is 4.93. The fourth-order valence-electron chi connectivity index (χ4n) is 3.33. The van der Waals surface area contributed by atoms with Crippen LogP contribution in [0.5, 0.6) is 11.5 Å². The van der Waals surface area contributed by atoms with Gasteiger partial charge in [0, 0.05) is 30.4 Å². The number of nitrogens with zero attached hydrogens (tertiary/aromatic N) is 3. The Morgan fingerprint density at radius 2 is 1.62 bits per heavy atom. The lowest BCUT2D eigenvalue weighted by Crippen LogP contribution is -2.00. The number of nitrogens with one attached hydrogen (secondary N) is 1. The minimum absolute atomic E-state index is 0.650. The van der Waals surface area contributed by atoms with Crippen molar-refractivity contribution in [3.8, 4) is 34.0 Å². The second-order valence-corrected chi connectivity index (χ2v) is 6.64. The molecule has 0 aliphatic carbocycles. The molecule has 1 N–H and O–H groups in total.